The fourth-order valence-electron chi connectivity index (χ4n) is 2.91. The van der Waals surface area contributed by atoms with Gasteiger partial charge < -0.3 is 10.1 Å². The molecule has 2 fully saturated rings. The van der Waals surface area contributed by atoms with E-state index in [1.165, 1.54) is 37.9 Å². The minimum Gasteiger partial charge on any atom is -0.477 e. The monoisotopic (exact) mass is 236 g/mol. The smallest absolute Gasteiger partial charge is 0.213 e. The fourth-order valence-corrected chi connectivity index (χ4v) is 2.91. The zero-order chi connectivity index (χ0) is 11.7. The first-order valence-electron chi connectivity index (χ1n) is 6.31. The van der Waals surface area contributed by atoms with E-state index in [-0.39, 0.29) is 5.82 Å². The molecule has 3 rings (SSSR count). The predicted molar refractivity (Wildman–Crippen MR) is 62.4 cm³/mol. The molecule has 2 aliphatic heterocycles. The van der Waals surface area contributed by atoms with E-state index in [9.17, 15) is 4.39 Å². The summed E-state index contributed by atoms with van der Waals surface area (Å²) >= 11 is 0. The molecule has 3 heterocycles. The lowest BCUT2D eigenvalue weighted by atomic mass is 9.93. The first-order valence-corrected chi connectivity index (χ1v) is 6.31. The Morgan fingerprint density at radius 1 is 1.29 bits per heavy atom. The lowest BCUT2D eigenvalue weighted by Crippen LogP contribution is -2.42. The van der Waals surface area contributed by atoms with Gasteiger partial charge in [0.15, 0.2) is 0 Å². The first kappa shape index (κ1) is 11.0. The van der Waals surface area contributed by atoms with Gasteiger partial charge in [-0.25, -0.2) is 9.37 Å². The van der Waals surface area contributed by atoms with Crippen LogP contribution in [0.4, 0.5) is 4.39 Å². The summed E-state index contributed by atoms with van der Waals surface area (Å²) in [5.41, 5.74) is 0. The number of ether oxygens (including phenoxy) is 1. The molecule has 1 N–H and O–H groups in total. The van der Waals surface area contributed by atoms with Gasteiger partial charge in [-0.2, -0.15) is 0 Å². The molecule has 1 aromatic rings. The third-order valence-electron chi connectivity index (χ3n) is 3.88. The second-order valence-corrected chi connectivity index (χ2v) is 5.01. The summed E-state index contributed by atoms with van der Waals surface area (Å²) in [5.74, 6) is 0.766. The molecule has 1 unspecified atom stereocenters. The van der Waals surface area contributed by atoms with Crippen LogP contribution in [-0.2, 0) is 0 Å². The Morgan fingerprint density at radius 3 is 3.00 bits per heavy atom. The Bertz CT molecular complexity index is 382. The number of piperidine rings is 1. The fraction of sp³-hybridized carbons (Fsp3) is 0.615. The van der Waals surface area contributed by atoms with Gasteiger partial charge in [0.2, 0.25) is 5.88 Å². The van der Waals surface area contributed by atoms with Gasteiger partial charge in [0.1, 0.15) is 5.82 Å². The number of rotatable bonds is 3. The number of hydrogen-bond donors (Lipinski definition) is 1. The molecule has 0 aromatic carbocycles. The van der Waals surface area contributed by atoms with E-state index in [1.807, 2.05) is 0 Å². The van der Waals surface area contributed by atoms with Crippen molar-refractivity contribution in [2.45, 2.75) is 37.8 Å². The van der Waals surface area contributed by atoms with E-state index in [4.69, 9.17) is 4.74 Å². The molecule has 2 saturated heterocycles. The van der Waals surface area contributed by atoms with Gasteiger partial charge in [0.05, 0.1) is 12.8 Å². The number of halogens is 1. The molecule has 2 bridgehead atoms. The number of pyridine rings is 1. The molecule has 2 aliphatic rings. The van der Waals surface area contributed by atoms with Crippen LogP contribution in [0, 0.1) is 11.7 Å². The third-order valence-corrected chi connectivity index (χ3v) is 3.88. The summed E-state index contributed by atoms with van der Waals surface area (Å²) in [6, 6.07) is 4.31. The molecule has 1 aromatic heterocycles. The van der Waals surface area contributed by atoms with E-state index in [1.54, 1.807) is 6.07 Å². The van der Waals surface area contributed by atoms with E-state index < -0.39 is 0 Å². The van der Waals surface area contributed by atoms with Crippen molar-refractivity contribution in [3.8, 4) is 5.88 Å². The Kier molecular flexibility index (Phi) is 2.97. The quantitative estimate of drug-likeness (QED) is 0.873. The summed E-state index contributed by atoms with van der Waals surface area (Å²) in [5, 5.41) is 3.63. The standard InChI is InChI=1S/C13H17FN2O/c14-10-2-6-13(15-7-10)17-8-9-1-3-11-4-5-12(9)16-11/h2,6-7,9,11-12,16H,1,3-5,8H2/t9-,11?,12+/m1/s1. The zero-order valence-corrected chi connectivity index (χ0v) is 9.73. The van der Waals surface area contributed by atoms with Crippen LogP contribution in [0.3, 0.4) is 0 Å². The molecule has 0 saturated carbocycles. The highest BCUT2D eigenvalue weighted by Crippen LogP contribution is 2.31. The molecule has 4 heteroatoms. The van der Waals surface area contributed by atoms with Gasteiger partial charge >= 0.3 is 0 Å². The van der Waals surface area contributed by atoms with Crippen molar-refractivity contribution >= 4 is 0 Å². The Morgan fingerprint density at radius 2 is 2.18 bits per heavy atom. The normalized spacial score (nSPS) is 31.5. The van der Waals surface area contributed by atoms with Gasteiger partial charge in [-0.3, -0.25) is 0 Å². The Hall–Kier alpha value is -1.16. The molecule has 3 atom stereocenters. The summed E-state index contributed by atoms with van der Waals surface area (Å²) in [7, 11) is 0. The SMILES string of the molecule is Fc1ccc(OC[C@H]2CCC3CC[C@@H]2N3)nc1. The highest BCUT2D eigenvalue weighted by molar-refractivity contribution is 5.10. The largest absolute Gasteiger partial charge is 0.477 e. The highest BCUT2D eigenvalue weighted by atomic mass is 19.1. The van der Waals surface area contributed by atoms with Gasteiger partial charge in [-0.05, 0) is 31.7 Å². The van der Waals surface area contributed by atoms with Crippen LogP contribution in [0.15, 0.2) is 18.3 Å². The zero-order valence-electron chi connectivity index (χ0n) is 9.73. The maximum Gasteiger partial charge on any atom is 0.213 e. The van der Waals surface area contributed by atoms with E-state index in [0.29, 0.717) is 24.4 Å². The molecule has 0 amide bonds. The molecule has 0 aliphatic carbocycles. The maximum absolute atomic E-state index is 12.7. The van der Waals surface area contributed by atoms with Crippen LogP contribution in [0.25, 0.3) is 0 Å². The van der Waals surface area contributed by atoms with Gasteiger partial charge in [-0.1, -0.05) is 0 Å². The van der Waals surface area contributed by atoms with Crippen molar-refractivity contribution < 1.29 is 9.13 Å². The summed E-state index contributed by atoms with van der Waals surface area (Å²) < 4.78 is 18.3. The van der Waals surface area contributed by atoms with Crippen LogP contribution in [0.2, 0.25) is 0 Å². The number of fused-ring (bicyclic) bond motifs is 2. The second-order valence-electron chi connectivity index (χ2n) is 5.01. The topological polar surface area (TPSA) is 34.1 Å². The van der Waals surface area contributed by atoms with Crippen molar-refractivity contribution in [2.75, 3.05) is 6.61 Å². The maximum atomic E-state index is 12.7. The minimum absolute atomic E-state index is 0.324. The summed E-state index contributed by atoms with van der Waals surface area (Å²) in [6.07, 6.45) is 6.23. The van der Waals surface area contributed by atoms with Gasteiger partial charge in [0, 0.05) is 24.1 Å². The minimum atomic E-state index is -0.324. The lowest BCUT2D eigenvalue weighted by Gasteiger charge is -2.29. The number of nitrogens with one attached hydrogen (secondary N) is 1. The summed E-state index contributed by atoms with van der Waals surface area (Å²) in [4.78, 5) is 3.91. The van der Waals surface area contributed by atoms with Crippen molar-refractivity contribution in [1.29, 1.82) is 0 Å². The number of nitrogens with zero attached hydrogens (tertiary/aromatic N) is 1. The van der Waals surface area contributed by atoms with Crippen LogP contribution in [-0.4, -0.2) is 23.7 Å². The van der Waals surface area contributed by atoms with Crippen molar-refractivity contribution in [1.82, 2.24) is 10.3 Å². The molecule has 17 heavy (non-hydrogen) atoms. The molecule has 0 spiro atoms. The van der Waals surface area contributed by atoms with Crippen LogP contribution in [0.5, 0.6) is 5.88 Å². The van der Waals surface area contributed by atoms with Gasteiger partial charge in [-0.15, -0.1) is 0 Å². The molecule has 3 nitrogen and oxygen atoms in total. The molecule has 92 valence electrons. The van der Waals surface area contributed by atoms with Gasteiger partial charge in [0.25, 0.3) is 0 Å². The lowest BCUT2D eigenvalue weighted by molar-refractivity contribution is 0.177. The van der Waals surface area contributed by atoms with E-state index in [0.717, 1.165) is 6.04 Å². The van der Waals surface area contributed by atoms with E-state index in [2.05, 4.69) is 10.3 Å². The first-order chi connectivity index (χ1) is 8.31. The van der Waals surface area contributed by atoms with Crippen molar-refractivity contribution in [2.24, 2.45) is 5.92 Å². The molecule has 0 radical (unpaired) electrons. The molecular weight excluding hydrogens is 219 g/mol. The van der Waals surface area contributed by atoms with E-state index >= 15 is 0 Å². The number of aromatic nitrogens is 1. The predicted octanol–water partition coefficient (Wildman–Crippen LogP) is 2.13. The second kappa shape index (κ2) is 4.61. The average Bonchev–Trinajstić information content (AvgIpc) is 2.73. The van der Waals surface area contributed by atoms with Crippen LogP contribution < -0.4 is 10.1 Å². The van der Waals surface area contributed by atoms with Crippen LogP contribution >= 0.6 is 0 Å². The Balaban J connectivity index is 1.55. The molecular formula is C13H17FN2O. The summed E-state index contributed by atoms with van der Waals surface area (Å²) in [6.45, 7) is 0.684. The van der Waals surface area contributed by atoms with Crippen LogP contribution in [0.1, 0.15) is 25.7 Å². The Labute approximate surface area is 100 Å². The number of hydrogen-bond acceptors (Lipinski definition) is 3. The third kappa shape index (κ3) is 2.41. The van der Waals surface area contributed by atoms with Crippen molar-refractivity contribution in [3.63, 3.8) is 0 Å². The highest BCUT2D eigenvalue weighted by Gasteiger charge is 2.35. The van der Waals surface area contributed by atoms with Crippen molar-refractivity contribution in [3.05, 3.63) is 24.1 Å². The average molecular weight is 236 g/mol.